The molecule has 2 atom stereocenters. The number of aromatic carboxylic acids is 1. The predicted molar refractivity (Wildman–Crippen MR) is 147 cm³/mol. The minimum absolute atomic E-state index is 0.00790. The second-order valence-electron chi connectivity index (χ2n) is 9.30. The van der Waals surface area contributed by atoms with Crippen molar-refractivity contribution in [3.05, 3.63) is 63.7 Å². The number of nitrogen functional groups attached to an aromatic ring is 1. The number of carboxylic acid groups (broad SMARTS) is 1. The molecule has 10 nitrogen and oxygen atoms in total. The van der Waals surface area contributed by atoms with Gasteiger partial charge in [-0.1, -0.05) is 31.0 Å². The summed E-state index contributed by atoms with van der Waals surface area (Å²) in [5.74, 6) is -2.57. The van der Waals surface area contributed by atoms with Crippen LogP contribution in [0.5, 0.6) is 0 Å². The number of hydrogen-bond donors (Lipinski definition) is 3. The highest BCUT2D eigenvalue weighted by Crippen LogP contribution is 2.30. The predicted octanol–water partition coefficient (Wildman–Crippen LogP) is 3.93. The Labute approximate surface area is 232 Å². The van der Waals surface area contributed by atoms with Crippen molar-refractivity contribution in [2.45, 2.75) is 45.4 Å². The minimum atomic E-state index is -1.13. The number of amides is 2. The molecule has 0 spiro atoms. The Bertz CT molecular complexity index is 1310. The fraction of sp³-hybridized carbons (Fsp3) is 0.393. The van der Waals surface area contributed by atoms with Crippen LogP contribution in [0.15, 0.2) is 41.4 Å². The molecule has 4 N–H and O–H groups in total. The van der Waals surface area contributed by atoms with Crippen molar-refractivity contribution >= 4 is 40.9 Å². The number of nitriles is 1. The van der Waals surface area contributed by atoms with Crippen molar-refractivity contribution in [3.63, 3.8) is 0 Å². The van der Waals surface area contributed by atoms with Gasteiger partial charge in [-0.15, -0.1) is 0 Å². The van der Waals surface area contributed by atoms with Gasteiger partial charge in [-0.2, -0.15) is 5.26 Å². The first-order valence-corrected chi connectivity index (χ1v) is 13.1. The molecular weight excluding hydrogens is 522 g/mol. The van der Waals surface area contributed by atoms with Crippen molar-refractivity contribution < 1.29 is 24.3 Å². The highest BCUT2D eigenvalue weighted by atomic mass is 35.5. The number of halogens is 1. The molecule has 1 unspecified atom stereocenters. The summed E-state index contributed by atoms with van der Waals surface area (Å²) in [6.07, 6.45) is 1.60. The smallest absolute Gasteiger partial charge is 0.337 e. The molecule has 1 heterocycles. The van der Waals surface area contributed by atoms with Crippen LogP contribution in [0.3, 0.4) is 0 Å². The van der Waals surface area contributed by atoms with Gasteiger partial charge < -0.3 is 10.8 Å². The molecule has 0 radical (unpaired) electrons. The lowest BCUT2D eigenvalue weighted by atomic mass is 9.89. The highest BCUT2D eigenvalue weighted by Gasteiger charge is 2.34. The first kappa shape index (κ1) is 29.6. The SMILES string of the molecule is CCC[C@@H](CC(=O)N1CC(NOCC)=NCC(Cc2cc(Cl)ccc2C#N)C1=O)c1ccc(C(=O)O)c(N)c1. The number of rotatable bonds is 10. The van der Waals surface area contributed by atoms with Gasteiger partial charge in [0.25, 0.3) is 0 Å². The number of carboxylic acids is 1. The lowest BCUT2D eigenvalue weighted by molar-refractivity contribution is -0.146. The maximum Gasteiger partial charge on any atom is 0.337 e. The van der Waals surface area contributed by atoms with Crippen molar-refractivity contribution in [2.24, 2.45) is 10.9 Å². The van der Waals surface area contributed by atoms with Gasteiger partial charge in [0.2, 0.25) is 11.8 Å². The second kappa shape index (κ2) is 13.7. The quantitative estimate of drug-likeness (QED) is 0.295. The summed E-state index contributed by atoms with van der Waals surface area (Å²) in [7, 11) is 0. The van der Waals surface area contributed by atoms with Crippen LogP contribution in [-0.4, -0.2) is 53.3 Å². The van der Waals surface area contributed by atoms with Crippen LogP contribution in [0.4, 0.5) is 5.69 Å². The van der Waals surface area contributed by atoms with Gasteiger partial charge >= 0.3 is 5.97 Å². The van der Waals surface area contributed by atoms with Crippen molar-refractivity contribution in [2.75, 3.05) is 25.4 Å². The zero-order valence-corrected chi connectivity index (χ0v) is 22.7. The van der Waals surface area contributed by atoms with Gasteiger partial charge in [0, 0.05) is 17.1 Å². The van der Waals surface area contributed by atoms with E-state index in [1.165, 1.54) is 11.0 Å². The number of carbonyl (C=O) groups is 3. The lowest BCUT2D eigenvalue weighted by Crippen LogP contribution is -2.45. The van der Waals surface area contributed by atoms with Crippen molar-refractivity contribution in [1.82, 2.24) is 10.4 Å². The Morgan fingerprint density at radius 3 is 2.72 bits per heavy atom. The molecule has 2 aromatic rings. The monoisotopic (exact) mass is 553 g/mol. The number of anilines is 1. The molecule has 0 aliphatic carbocycles. The molecule has 1 aliphatic heterocycles. The number of nitrogens with zero attached hydrogens (tertiary/aromatic N) is 3. The van der Waals surface area contributed by atoms with Gasteiger partial charge in [0.1, 0.15) is 5.84 Å². The molecule has 0 bridgehead atoms. The number of aliphatic imine (C=N–C) groups is 1. The van der Waals surface area contributed by atoms with Crippen molar-refractivity contribution in [1.29, 1.82) is 5.26 Å². The summed E-state index contributed by atoms with van der Waals surface area (Å²) < 4.78 is 0. The topological polar surface area (TPSA) is 158 Å². The summed E-state index contributed by atoms with van der Waals surface area (Å²) in [6, 6.07) is 11.7. The van der Waals surface area contributed by atoms with E-state index in [-0.39, 0.29) is 43.1 Å². The molecule has 39 heavy (non-hydrogen) atoms. The molecule has 2 aromatic carbocycles. The van der Waals surface area contributed by atoms with Crippen LogP contribution in [0.1, 0.15) is 66.1 Å². The molecule has 0 saturated heterocycles. The number of hydroxylamine groups is 1. The van der Waals surface area contributed by atoms with Crippen LogP contribution in [-0.2, 0) is 20.8 Å². The maximum atomic E-state index is 13.7. The van der Waals surface area contributed by atoms with Gasteiger partial charge in [-0.25, -0.2) is 4.79 Å². The molecule has 206 valence electrons. The standard InChI is InChI=1S/C28H32ClN5O5/c1-3-5-17(18-7-9-23(28(37)38)24(31)12-18)13-26(35)34-16-25(33-39-4-2)32-15-21(27(34)36)10-20-11-22(29)8-6-19(20)14-30/h6-9,11-12,17,21H,3-5,10,13,15-16,31H2,1-2H3,(H,32,33)(H,37,38)/t17-,21?/m0/s1. The average Bonchev–Trinajstić information content (AvgIpc) is 3.05. The van der Waals surface area contributed by atoms with Crippen LogP contribution >= 0.6 is 11.6 Å². The Morgan fingerprint density at radius 2 is 2.08 bits per heavy atom. The third-order valence-electron chi connectivity index (χ3n) is 6.55. The first-order chi connectivity index (χ1) is 18.7. The Morgan fingerprint density at radius 1 is 1.31 bits per heavy atom. The minimum Gasteiger partial charge on any atom is -0.478 e. The number of benzene rings is 2. The van der Waals surface area contributed by atoms with Crippen LogP contribution in [0.2, 0.25) is 5.02 Å². The molecule has 0 aromatic heterocycles. The lowest BCUT2D eigenvalue weighted by Gasteiger charge is -2.26. The van der Waals surface area contributed by atoms with E-state index in [4.69, 9.17) is 22.2 Å². The normalized spacial score (nSPS) is 16.2. The molecule has 1 aliphatic rings. The highest BCUT2D eigenvalue weighted by molar-refractivity contribution is 6.30. The van der Waals surface area contributed by atoms with E-state index >= 15 is 0 Å². The third kappa shape index (κ3) is 7.56. The number of carbonyl (C=O) groups excluding carboxylic acids is 2. The summed E-state index contributed by atoms with van der Waals surface area (Å²) >= 11 is 6.15. The van der Waals surface area contributed by atoms with Gasteiger partial charge in [-0.05, 0) is 67.1 Å². The van der Waals surface area contributed by atoms with Gasteiger partial charge in [0.15, 0.2) is 0 Å². The molecule has 0 saturated carbocycles. The van der Waals surface area contributed by atoms with E-state index in [0.29, 0.717) is 35.0 Å². The molecule has 11 heteroatoms. The van der Waals surface area contributed by atoms with Crippen LogP contribution in [0.25, 0.3) is 0 Å². The number of nitrogens with two attached hydrogens (primary N) is 1. The van der Waals surface area contributed by atoms with E-state index in [1.54, 1.807) is 37.3 Å². The summed E-state index contributed by atoms with van der Waals surface area (Å²) in [6.45, 7) is 4.13. The Kier molecular flexibility index (Phi) is 10.4. The van der Waals surface area contributed by atoms with Crippen molar-refractivity contribution in [3.8, 4) is 6.07 Å². The van der Waals surface area contributed by atoms with E-state index < -0.39 is 23.7 Å². The number of amidine groups is 1. The number of nitrogens with one attached hydrogen (secondary N) is 1. The van der Waals surface area contributed by atoms with Crippen LogP contribution < -0.4 is 11.2 Å². The van der Waals surface area contributed by atoms with E-state index in [9.17, 15) is 24.8 Å². The van der Waals surface area contributed by atoms with E-state index in [1.807, 2.05) is 6.92 Å². The fourth-order valence-electron chi connectivity index (χ4n) is 4.57. The zero-order chi connectivity index (χ0) is 28.5. The molecule has 0 fully saturated rings. The third-order valence-corrected chi connectivity index (χ3v) is 6.79. The number of imide groups is 1. The largest absolute Gasteiger partial charge is 0.478 e. The van der Waals surface area contributed by atoms with E-state index in [0.717, 1.165) is 12.0 Å². The Balaban J connectivity index is 1.90. The second-order valence-corrected chi connectivity index (χ2v) is 9.73. The maximum absolute atomic E-state index is 13.7. The molecule has 2 amide bonds. The number of hydrogen-bond acceptors (Lipinski definition) is 8. The summed E-state index contributed by atoms with van der Waals surface area (Å²) in [5.41, 5.74) is 10.5. The van der Waals surface area contributed by atoms with E-state index in [2.05, 4.69) is 16.5 Å². The van der Waals surface area contributed by atoms with Gasteiger partial charge in [0.05, 0.1) is 42.8 Å². The summed E-state index contributed by atoms with van der Waals surface area (Å²) in [5, 5.41) is 19.3. The average molecular weight is 554 g/mol. The first-order valence-electron chi connectivity index (χ1n) is 12.7. The fourth-order valence-corrected chi connectivity index (χ4v) is 4.77. The summed E-state index contributed by atoms with van der Waals surface area (Å²) in [4.78, 5) is 49.7. The Hall–Kier alpha value is -3.94. The zero-order valence-electron chi connectivity index (χ0n) is 21.9. The molecule has 3 rings (SSSR count). The van der Waals surface area contributed by atoms with Gasteiger partial charge in [-0.3, -0.25) is 29.8 Å². The molecular formula is C28H32ClN5O5. The van der Waals surface area contributed by atoms with Crippen LogP contribution in [0, 0.1) is 17.2 Å².